The molecule has 1 spiro atoms. The molecule has 0 unspecified atom stereocenters. The third kappa shape index (κ3) is 7.04. The van der Waals surface area contributed by atoms with Gasteiger partial charge in [0.25, 0.3) is 0 Å². The van der Waals surface area contributed by atoms with E-state index in [2.05, 4.69) is 321 Å². The first-order valence-corrected chi connectivity index (χ1v) is 31.1. The zero-order chi connectivity index (χ0) is 59.0. The smallest absolute Gasteiger partial charge is 0.0726 e. The minimum atomic E-state index is -0.463. The average molecular weight is 1120 g/mol. The van der Waals surface area contributed by atoms with Crippen molar-refractivity contribution in [1.82, 2.24) is 0 Å². The number of hydrogen-bond donors (Lipinski definition) is 0. The molecule has 5 aliphatic rings. The van der Waals surface area contributed by atoms with Gasteiger partial charge in [-0.15, -0.1) is 0 Å². The van der Waals surface area contributed by atoms with Crippen molar-refractivity contribution < 1.29 is 0 Å². The van der Waals surface area contributed by atoms with Crippen LogP contribution in [0.3, 0.4) is 0 Å². The molecule has 0 bridgehead atoms. The van der Waals surface area contributed by atoms with Crippen molar-refractivity contribution in [2.24, 2.45) is 0 Å². The predicted molar refractivity (Wildman–Crippen MR) is 364 cm³/mol. The molecule has 0 aliphatic heterocycles. The molecule has 87 heavy (non-hydrogen) atoms. The van der Waals surface area contributed by atoms with E-state index in [1.807, 2.05) is 0 Å². The van der Waals surface area contributed by atoms with Crippen molar-refractivity contribution in [3.63, 3.8) is 0 Å². The Morgan fingerprint density at radius 1 is 0.241 bits per heavy atom. The van der Waals surface area contributed by atoms with E-state index in [9.17, 15) is 0 Å². The van der Waals surface area contributed by atoms with Gasteiger partial charge in [-0.25, -0.2) is 0 Å². The summed E-state index contributed by atoms with van der Waals surface area (Å²) in [7, 11) is 0. The van der Waals surface area contributed by atoms with E-state index in [4.69, 9.17) is 0 Å². The van der Waals surface area contributed by atoms with Gasteiger partial charge in [0.2, 0.25) is 0 Å². The minimum absolute atomic E-state index is 0.113. The Labute approximate surface area is 512 Å². The molecule has 418 valence electrons. The molecule has 0 atom stereocenters. The molecule has 2 nitrogen and oxygen atoms in total. The lowest BCUT2D eigenvalue weighted by Gasteiger charge is -2.32. The molecule has 5 aliphatic carbocycles. The molecule has 12 aromatic carbocycles. The second-order valence-electron chi connectivity index (χ2n) is 27.0. The highest BCUT2D eigenvalue weighted by Gasteiger charge is 2.52. The third-order valence-electron chi connectivity index (χ3n) is 21.1. The number of benzene rings is 12. The SMILES string of the molecule is Cc1ccc2c(c1)C(C)(C)c1cc(N(c3ccc(-c4ccc(N(c5ccc6c(c5)-c5ccccc5C6(C)C)c5cccc6c5-c5ccccc5C65c6ccccc6-c6ccccc65)cc4)c(C)c3)c3ccc4c(c3)C(C)(C)c3cc(C)ccc3-4)ccc1-2. The van der Waals surface area contributed by atoms with Gasteiger partial charge in [0.1, 0.15) is 0 Å². The Kier molecular flexibility index (Phi) is 10.8. The van der Waals surface area contributed by atoms with Gasteiger partial charge in [-0.3, -0.25) is 0 Å². The van der Waals surface area contributed by atoms with E-state index in [0.717, 1.165) is 28.4 Å². The van der Waals surface area contributed by atoms with Crippen molar-refractivity contribution in [1.29, 1.82) is 0 Å². The van der Waals surface area contributed by atoms with Gasteiger partial charge in [-0.2, -0.15) is 0 Å². The molecule has 0 N–H and O–H groups in total. The predicted octanol–water partition coefficient (Wildman–Crippen LogP) is 22.5. The second-order valence-corrected chi connectivity index (χ2v) is 27.0. The van der Waals surface area contributed by atoms with Gasteiger partial charge in [0.15, 0.2) is 0 Å². The van der Waals surface area contributed by atoms with Crippen LogP contribution in [0, 0.1) is 20.8 Å². The summed E-state index contributed by atoms with van der Waals surface area (Å²) in [5.74, 6) is 0. The van der Waals surface area contributed by atoms with E-state index in [0.29, 0.717) is 0 Å². The molecule has 0 saturated carbocycles. The van der Waals surface area contributed by atoms with E-state index in [-0.39, 0.29) is 16.2 Å². The highest BCUT2D eigenvalue weighted by Crippen LogP contribution is 2.65. The van der Waals surface area contributed by atoms with E-state index < -0.39 is 5.41 Å². The van der Waals surface area contributed by atoms with Crippen LogP contribution in [-0.2, 0) is 21.7 Å². The zero-order valence-corrected chi connectivity index (χ0v) is 51.1. The Bertz CT molecular complexity index is 4790. The van der Waals surface area contributed by atoms with Crippen LogP contribution in [0.5, 0.6) is 0 Å². The summed E-state index contributed by atoms with van der Waals surface area (Å²) in [4.78, 5) is 5.05. The number of nitrogens with zero attached hydrogens (tertiary/aromatic N) is 2. The first-order chi connectivity index (χ1) is 42.1. The fourth-order valence-corrected chi connectivity index (χ4v) is 16.9. The maximum atomic E-state index is 2.54. The fraction of sp³-hybridized carbons (Fsp3) is 0.153. The average Bonchev–Trinajstić information content (AvgIpc) is 1.52. The third-order valence-corrected chi connectivity index (χ3v) is 21.1. The van der Waals surface area contributed by atoms with Crippen molar-refractivity contribution in [2.45, 2.75) is 84.0 Å². The summed E-state index contributed by atoms with van der Waals surface area (Å²) >= 11 is 0. The largest absolute Gasteiger partial charge is 0.310 e. The zero-order valence-electron chi connectivity index (χ0n) is 51.1. The summed E-state index contributed by atoms with van der Waals surface area (Å²) in [6.45, 7) is 21.0. The Balaban J connectivity index is 0.806. The van der Waals surface area contributed by atoms with Crippen LogP contribution >= 0.6 is 0 Å². The Morgan fingerprint density at radius 2 is 0.621 bits per heavy atom. The standard InChI is InChI=1S/C85H68N2/c1-51-29-39-64-66-42-36-58(49-78(66)83(6,7)76(64)45-51)86(59-37-43-67-65-40-30-52(2)46-77(65)84(8,9)79(67)50-59)56-35-41-60(53(3)47-56)54-31-33-55(34-32-54)87(57-38-44-71-69(48-57)63-21-10-14-23-70(63)82(71,4)5)80-28-18-27-75-81(80)68-22-13-17-26-74(68)85(75)72-24-15-11-19-61(72)62-20-12-16-25-73(62)85/h10-50H,1-9H3. The molecular weight excluding hydrogens is 1050 g/mol. The lowest BCUT2D eigenvalue weighted by molar-refractivity contribution is 0.659. The highest BCUT2D eigenvalue weighted by atomic mass is 15.2. The topological polar surface area (TPSA) is 6.48 Å². The van der Waals surface area contributed by atoms with E-state index in [1.165, 1.54) is 145 Å². The Morgan fingerprint density at radius 3 is 1.17 bits per heavy atom. The van der Waals surface area contributed by atoms with Gasteiger partial charge in [0.05, 0.1) is 11.1 Å². The van der Waals surface area contributed by atoms with Crippen LogP contribution in [0.4, 0.5) is 34.1 Å². The molecule has 12 aromatic rings. The van der Waals surface area contributed by atoms with Gasteiger partial charge in [-0.05, 0) is 210 Å². The summed E-state index contributed by atoms with van der Waals surface area (Å²) < 4.78 is 0. The molecular formula is C85H68N2. The molecule has 2 heteroatoms. The quantitative estimate of drug-likeness (QED) is 0.157. The molecule has 0 saturated heterocycles. The van der Waals surface area contributed by atoms with Gasteiger partial charge < -0.3 is 9.80 Å². The van der Waals surface area contributed by atoms with Crippen LogP contribution < -0.4 is 9.80 Å². The monoisotopic (exact) mass is 1120 g/mol. The summed E-state index contributed by atoms with van der Waals surface area (Å²) in [6, 6.07) is 95.6. The molecule has 0 heterocycles. The maximum absolute atomic E-state index is 2.54. The lowest BCUT2D eigenvalue weighted by atomic mass is 9.70. The summed E-state index contributed by atoms with van der Waals surface area (Å²) in [5.41, 5.74) is 39.0. The molecule has 0 aromatic heterocycles. The number of aryl methyl sites for hydroxylation is 3. The van der Waals surface area contributed by atoms with Crippen molar-refractivity contribution in [3.8, 4) is 66.8 Å². The fourth-order valence-electron chi connectivity index (χ4n) is 16.9. The van der Waals surface area contributed by atoms with Crippen molar-refractivity contribution in [3.05, 3.63) is 321 Å². The van der Waals surface area contributed by atoms with E-state index in [1.54, 1.807) is 0 Å². The van der Waals surface area contributed by atoms with Crippen LogP contribution in [0.15, 0.2) is 249 Å². The van der Waals surface area contributed by atoms with Crippen molar-refractivity contribution >= 4 is 34.1 Å². The first kappa shape index (κ1) is 51.6. The van der Waals surface area contributed by atoms with Gasteiger partial charge >= 0.3 is 0 Å². The van der Waals surface area contributed by atoms with E-state index >= 15 is 0 Å². The number of rotatable bonds is 7. The Hall–Kier alpha value is -9.76. The highest BCUT2D eigenvalue weighted by molar-refractivity contribution is 6.02. The number of fused-ring (bicyclic) bond motifs is 19. The van der Waals surface area contributed by atoms with Crippen LogP contribution in [0.2, 0.25) is 0 Å². The van der Waals surface area contributed by atoms with Crippen LogP contribution in [-0.4, -0.2) is 0 Å². The molecule has 0 fully saturated rings. The molecule has 17 rings (SSSR count). The number of hydrogen-bond acceptors (Lipinski definition) is 2. The molecule has 0 amide bonds. The van der Waals surface area contributed by atoms with Crippen molar-refractivity contribution in [2.75, 3.05) is 9.80 Å². The normalized spacial score (nSPS) is 15.3. The lowest BCUT2D eigenvalue weighted by Crippen LogP contribution is -2.26. The maximum Gasteiger partial charge on any atom is 0.0726 e. The first-order valence-electron chi connectivity index (χ1n) is 31.1. The second kappa shape index (κ2) is 18.1. The minimum Gasteiger partial charge on any atom is -0.310 e. The van der Waals surface area contributed by atoms with Gasteiger partial charge in [0, 0.05) is 50.2 Å². The number of anilines is 6. The molecule has 0 radical (unpaired) electrons. The summed E-state index contributed by atoms with van der Waals surface area (Å²) in [5, 5.41) is 0. The van der Waals surface area contributed by atoms with Gasteiger partial charge in [-0.1, -0.05) is 235 Å². The van der Waals surface area contributed by atoms with Crippen LogP contribution in [0.1, 0.15) is 114 Å². The van der Waals surface area contributed by atoms with Crippen LogP contribution in [0.25, 0.3) is 66.8 Å². The summed E-state index contributed by atoms with van der Waals surface area (Å²) in [6.07, 6.45) is 0.